The molecule has 0 fully saturated rings. The number of sulfonamides is 1. The number of hydrogen-bond acceptors (Lipinski definition) is 3. The van der Waals surface area contributed by atoms with Gasteiger partial charge >= 0.3 is 0 Å². The van der Waals surface area contributed by atoms with E-state index in [9.17, 15) is 8.42 Å². The van der Waals surface area contributed by atoms with Crippen LogP contribution in [0.4, 0.5) is 5.82 Å². The molecule has 1 aromatic rings. The third kappa shape index (κ3) is 5.89. The number of halogens is 1. The van der Waals surface area contributed by atoms with Gasteiger partial charge in [-0.15, -0.1) is 0 Å². The standard InChI is InChI=1S/C11H17ClN2O2S/c1-11(2,3)5-7-17(15,16)14-10-8-9(12)4-6-13-10/h4,6,8H,5,7H2,1-3H3,(H,13,14). The summed E-state index contributed by atoms with van der Waals surface area (Å²) < 4.78 is 25.9. The summed E-state index contributed by atoms with van der Waals surface area (Å²) in [6.07, 6.45) is 2.05. The first-order chi connectivity index (χ1) is 7.68. The first-order valence-corrected chi connectivity index (χ1v) is 7.33. The Hall–Kier alpha value is -0.810. The molecule has 0 aliphatic heterocycles. The Morgan fingerprint density at radius 1 is 1.41 bits per heavy atom. The lowest BCUT2D eigenvalue weighted by Gasteiger charge is -2.17. The molecule has 1 aromatic heterocycles. The first kappa shape index (κ1) is 14.3. The number of rotatable bonds is 4. The maximum Gasteiger partial charge on any atom is 0.233 e. The molecule has 0 bridgehead atoms. The van der Waals surface area contributed by atoms with Gasteiger partial charge in [0, 0.05) is 17.3 Å². The summed E-state index contributed by atoms with van der Waals surface area (Å²) in [6, 6.07) is 3.07. The zero-order chi connectivity index (χ0) is 13.1. The van der Waals surface area contributed by atoms with Crippen LogP contribution >= 0.6 is 11.6 Å². The molecular formula is C11H17ClN2O2S. The Bertz CT molecular complexity index is 480. The largest absolute Gasteiger partial charge is 0.267 e. The molecule has 6 heteroatoms. The summed E-state index contributed by atoms with van der Waals surface area (Å²) in [4.78, 5) is 3.89. The predicted octanol–water partition coefficient (Wildman–Crippen LogP) is 2.91. The van der Waals surface area contributed by atoms with Crippen LogP contribution in [0, 0.1) is 5.41 Å². The van der Waals surface area contributed by atoms with E-state index in [2.05, 4.69) is 9.71 Å². The number of pyridine rings is 1. The minimum absolute atomic E-state index is 0.0173. The van der Waals surface area contributed by atoms with E-state index in [1.54, 1.807) is 6.07 Å². The van der Waals surface area contributed by atoms with Crippen molar-refractivity contribution < 1.29 is 8.42 Å². The third-order valence-corrected chi connectivity index (χ3v) is 3.60. The molecule has 0 atom stereocenters. The molecule has 1 heterocycles. The highest BCUT2D eigenvalue weighted by Gasteiger charge is 2.17. The van der Waals surface area contributed by atoms with Crippen LogP contribution in [0.3, 0.4) is 0 Å². The van der Waals surface area contributed by atoms with Gasteiger partial charge in [-0.25, -0.2) is 13.4 Å². The number of nitrogens with one attached hydrogen (secondary N) is 1. The zero-order valence-electron chi connectivity index (χ0n) is 10.2. The Balaban J connectivity index is 2.67. The monoisotopic (exact) mass is 276 g/mol. The second-order valence-corrected chi connectivity index (χ2v) is 7.37. The Kier molecular flexibility index (Phi) is 4.38. The molecule has 96 valence electrons. The summed E-state index contributed by atoms with van der Waals surface area (Å²) in [5.74, 6) is 0.330. The van der Waals surface area contributed by atoms with Gasteiger partial charge in [0.15, 0.2) is 0 Å². The minimum atomic E-state index is -3.36. The van der Waals surface area contributed by atoms with Gasteiger partial charge in [0.25, 0.3) is 0 Å². The summed E-state index contributed by atoms with van der Waals surface area (Å²) in [7, 11) is -3.36. The second kappa shape index (κ2) is 5.23. The zero-order valence-corrected chi connectivity index (χ0v) is 11.8. The topological polar surface area (TPSA) is 59.1 Å². The summed E-state index contributed by atoms with van der Waals surface area (Å²) in [6.45, 7) is 6.00. The van der Waals surface area contributed by atoms with Gasteiger partial charge < -0.3 is 0 Å². The Morgan fingerprint density at radius 2 is 2.06 bits per heavy atom. The minimum Gasteiger partial charge on any atom is -0.267 e. The van der Waals surface area contributed by atoms with E-state index in [0.29, 0.717) is 11.4 Å². The average molecular weight is 277 g/mol. The van der Waals surface area contributed by atoms with E-state index < -0.39 is 10.0 Å². The van der Waals surface area contributed by atoms with Gasteiger partial charge in [-0.2, -0.15) is 0 Å². The highest BCUT2D eigenvalue weighted by Crippen LogP contribution is 2.20. The van der Waals surface area contributed by atoms with Crippen LogP contribution < -0.4 is 4.72 Å². The van der Waals surface area contributed by atoms with E-state index in [1.165, 1.54) is 12.3 Å². The van der Waals surface area contributed by atoms with E-state index in [-0.39, 0.29) is 17.0 Å². The molecule has 0 unspecified atom stereocenters. The first-order valence-electron chi connectivity index (χ1n) is 5.30. The van der Waals surface area contributed by atoms with Crippen LogP contribution in [-0.2, 0) is 10.0 Å². The molecule has 1 rings (SSSR count). The van der Waals surface area contributed by atoms with E-state index >= 15 is 0 Å². The number of hydrogen-bond donors (Lipinski definition) is 1. The van der Waals surface area contributed by atoms with Crippen LogP contribution in [-0.4, -0.2) is 19.2 Å². The Labute approximate surface area is 107 Å². The van der Waals surface area contributed by atoms with Gasteiger partial charge in [0.2, 0.25) is 10.0 Å². The summed E-state index contributed by atoms with van der Waals surface area (Å²) >= 11 is 5.75. The van der Waals surface area contributed by atoms with Gasteiger partial charge in [-0.1, -0.05) is 32.4 Å². The molecule has 0 aliphatic rings. The average Bonchev–Trinajstić information content (AvgIpc) is 2.13. The molecule has 0 radical (unpaired) electrons. The van der Waals surface area contributed by atoms with Crippen molar-refractivity contribution >= 4 is 27.4 Å². The lowest BCUT2D eigenvalue weighted by molar-refractivity contribution is 0.397. The molecule has 1 N–H and O–H groups in total. The van der Waals surface area contributed by atoms with Gasteiger partial charge in [0.1, 0.15) is 5.82 Å². The summed E-state index contributed by atoms with van der Waals surface area (Å²) in [5, 5.41) is 0.452. The third-order valence-electron chi connectivity index (χ3n) is 2.10. The van der Waals surface area contributed by atoms with E-state index in [4.69, 9.17) is 11.6 Å². The maximum atomic E-state index is 11.8. The molecule has 17 heavy (non-hydrogen) atoms. The van der Waals surface area contributed by atoms with Crippen molar-refractivity contribution in [3.8, 4) is 0 Å². The van der Waals surface area contributed by atoms with Gasteiger partial charge in [-0.05, 0) is 17.9 Å². The molecule has 0 aromatic carbocycles. The molecule has 0 spiro atoms. The highest BCUT2D eigenvalue weighted by atomic mass is 35.5. The quantitative estimate of drug-likeness (QED) is 0.920. The van der Waals surface area contributed by atoms with Crippen molar-refractivity contribution in [3.63, 3.8) is 0 Å². The molecule has 4 nitrogen and oxygen atoms in total. The van der Waals surface area contributed by atoms with Gasteiger partial charge in [-0.3, -0.25) is 4.72 Å². The fraction of sp³-hybridized carbons (Fsp3) is 0.545. The number of nitrogens with zero attached hydrogens (tertiary/aromatic N) is 1. The molecule has 0 saturated carbocycles. The van der Waals surface area contributed by atoms with Crippen LogP contribution in [0.2, 0.25) is 5.02 Å². The van der Waals surface area contributed by atoms with Crippen molar-refractivity contribution in [1.29, 1.82) is 0 Å². The number of aromatic nitrogens is 1. The van der Waals surface area contributed by atoms with Crippen molar-refractivity contribution in [3.05, 3.63) is 23.4 Å². The SMILES string of the molecule is CC(C)(C)CCS(=O)(=O)Nc1cc(Cl)ccn1. The van der Waals surface area contributed by atoms with Crippen LogP contribution in [0.5, 0.6) is 0 Å². The second-order valence-electron chi connectivity index (χ2n) is 5.09. The van der Waals surface area contributed by atoms with Crippen molar-refractivity contribution in [2.24, 2.45) is 5.41 Å². The molecule has 0 amide bonds. The smallest absolute Gasteiger partial charge is 0.233 e. The van der Waals surface area contributed by atoms with E-state index in [1.807, 2.05) is 20.8 Å². The molecular weight excluding hydrogens is 260 g/mol. The van der Waals surface area contributed by atoms with Crippen molar-refractivity contribution in [2.75, 3.05) is 10.5 Å². The molecule has 0 aliphatic carbocycles. The van der Waals surface area contributed by atoms with Crippen molar-refractivity contribution in [1.82, 2.24) is 4.98 Å². The lowest BCUT2D eigenvalue weighted by atomic mass is 9.94. The predicted molar refractivity (Wildman–Crippen MR) is 70.7 cm³/mol. The summed E-state index contributed by atoms with van der Waals surface area (Å²) in [5.41, 5.74) is -0.0173. The van der Waals surface area contributed by atoms with Gasteiger partial charge in [0.05, 0.1) is 5.75 Å². The maximum absolute atomic E-state index is 11.8. The Morgan fingerprint density at radius 3 is 2.59 bits per heavy atom. The van der Waals surface area contributed by atoms with Crippen molar-refractivity contribution in [2.45, 2.75) is 27.2 Å². The van der Waals surface area contributed by atoms with Crippen LogP contribution in [0.1, 0.15) is 27.2 Å². The number of anilines is 1. The fourth-order valence-corrected chi connectivity index (χ4v) is 2.68. The fourth-order valence-electron chi connectivity index (χ4n) is 1.11. The normalized spacial score (nSPS) is 12.5. The molecule has 0 saturated heterocycles. The van der Waals surface area contributed by atoms with E-state index in [0.717, 1.165) is 0 Å². The lowest BCUT2D eigenvalue weighted by Crippen LogP contribution is -2.21. The highest BCUT2D eigenvalue weighted by molar-refractivity contribution is 7.92. The van der Waals surface area contributed by atoms with Crippen LogP contribution in [0.15, 0.2) is 18.3 Å². The van der Waals surface area contributed by atoms with Crippen LogP contribution in [0.25, 0.3) is 0 Å².